The van der Waals surface area contributed by atoms with E-state index >= 15 is 0 Å². The van der Waals surface area contributed by atoms with Crippen LogP contribution in [0.1, 0.15) is 24.3 Å². The smallest absolute Gasteiger partial charge is 0.240 e. The number of rotatable bonds is 6. The quantitative estimate of drug-likeness (QED) is 0.840. The van der Waals surface area contributed by atoms with E-state index in [9.17, 15) is 8.42 Å². The number of likely N-dealkylation sites (tertiary alicyclic amines) is 1. The van der Waals surface area contributed by atoms with Crippen molar-refractivity contribution < 1.29 is 8.42 Å². The van der Waals surface area contributed by atoms with E-state index in [0.29, 0.717) is 17.4 Å². The lowest BCUT2D eigenvalue weighted by Crippen LogP contribution is -2.39. The van der Waals surface area contributed by atoms with Crippen molar-refractivity contribution in [2.45, 2.75) is 23.7 Å². The summed E-state index contributed by atoms with van der Waals surface area (Å²) in [4.78, 5) is 2.63. The fraction of sp³-hybridized carbons (Fsp3) is 0.438. The molecule has 3 rings (SSSR count). The zero-order chi connectivity index (χ0) is 16.1. The number of aromatic amines is 1. The molecular formula is C16H22N4O2S. The summed E-state index contributed by atoms with van der Waals surface area (Å²) in [6.07, 6.45) is 6.04. The van der Waals surface area contributed by atoms with Crippen molar-refractivity contribution in [3.8, 4) is 0 Å². The summed E-state index contributed by atoms with van der Waals surface area (Å²) < 4.78 is 27.0. The van der Waals surface area contributed by atoms with E-state index in [4.69, 9.17) is 0 Å². The summed E-state index contributed by atoms with van der Waals surface area (Å²) in [6.45, 7) is 3.16. The van der Waals surface area contributed by atoms with Gasteiger partial charge in [-0.2, -0.15) is 5.10 Å². The van der Waals surface area contributed by atoms with Crippen molar-refractivity contribution in [2.24, 2.45) is 0 Å². The van der Waals surface area contributed by atoms with E-state index < -0.39 is 10.0 Å². The van der Waals surface area contributed by atoms with Crippen LogP contribution < -0.4 is 4.72 Å². The highest BCUT2D eigenvalue weighted by atomic mass is 32.2. The monoisotopic (exact) mass is 334 g/mol. The van der Waals surface area contributed by atoms with Gasteiger partial charge in [-0.1, -0.05) is 18.2 Å². The van der Waals surface area contributed by atoms with Crippen molar-refractivity contribution in [3.05, 3.63) is 48.3 Å². The molecule has 1 fully saturated rings. The molecule has 23 heavy (non-hydrogen) atoms. The average Bonchev–Trinajstić information content (AvgIpc) is 3.11. The van der Waals surface area contributed by atoms with E-state index in [1.165, 1.54) is 5.56 Å². The number of benzene rings is 1. The number of hydrogen-bond donors (Lipinski definition) is 2. The molecule has 2 aromatic rings. The third-order valence-electron chi connectivity index (χ3n) is 4.35. The van der Waals surface area contributed by atoms with Crippen LogP contribution in [0.15, 0.2) is 47.6 Å². The topological polar surface area (TPSA) is 78.1 Å². The van der Waals surface area contributed by atoms with Crippen molar-refractivity contribution in [3.63, 3.8) is 0 Å². The predicted octanol–water partition coefficient (Wildman–Crippen LogP) is 1.57. The van der Waals surface area contributed by atoms with Crippen LogP contribution in [0.25, 0.3) is 0 Å². The molecule has 1 saturated heterocycles. The normalized spacial score (nSPS) is 17.4. The Morgan fingerprint density at radius 1 is 1.22 bits per heavy atom. The minimum Gasteiger partial charge on any atom is -0.302 e. The first-order chi connectivity index (χ1) is 11.1. The van der Waals surface area contributed by atoms with Crippen molar-refractivity contribution in [1.29, 1.82) is 0 Å². The Balaban J connectivity index is 1.44. The van der Waals surface area contributed by atoms with Gasteiger partial charge in [0, 0.05) is 19.3 Å². The lowest BCUT2D eigenvalue weighted by Gasteiger charge is -2.31. The van der Waals surface area contributed by atoms with Gasteiger partial charge in [-0.3, -0.25) is 5.10 Å². The largest absolute Gasteiger partial charge is 0.302 e. The molecule has 0 aliphatic carbocycles. The molecule has 0 radical (unpaired) electrons. The van der Waals surface area contributed by atoms with Crippen LogP contribution in [0.3, 0.4) is 0 Å². The second kappa shape index (κ2) is 7.25. The second-order valence-corrected chi connectivity index (χ2v) is 7.63. The van der Waals surface area contributed by atoms with Crippen LogP contribution in [0.2, 0.25) is 0 Å². The van der Waals surface area contributed by atoms with E-state index in [1.54, 1.807) is 24.3 Å². The Morgan fingerprint density at radius 3 is 2.61 bits per heavy atom. The summed E-state index contributed by atoms with van der Waals surface area (Å²) in [7, 11) is -3.40. The molecule has 124 valence electrons. The number of nitrogens with one attached hydrogen (secondary N) is 2. The minimum atomic E-state index is -3.40. The molecule has 0 spiro atoms. The zero-order valence-electron chi connectivity index (χ0n) is 13.0. The van der Waals surface area contributed by atoms with Crippen LogP contribution in [0.4, 0.5) is 0 Å². The fourth-order valence-electron chi connectivity index (χ4n) is 3.00. The van der Waals surface area contributed by atoms with Gasteiger partial charge in [0.25, 0.3) is 0 Å². The van der Waals surface area contributed by atoms with Crippen LogP contribution >= 0.6 is 0 Å². The SMILES string of the molecule is O=S(=O)(NCCN1CCC(c2cn[nH]c2)CC1)c1ccccc1. The number of nitrogens with zero attached hydrogens (tertiary/aromatic N) is 2. The van der Waals surface area contributed by atoms with Crippen molar-refractivity contribution >= 4 is 10.0 Å². The predicted molar refractivity (Wildman–Crippen MR) is 88.6 cm³/mol. The minimum absolute atomic E-state index is 0.318. The van der Waals surface area contributed by atoms with Crippen LogP contribution in [0.5, 0.6) is 0 Å². The van der Waals surface area contributed by atoms with Gasteiger partial charge in [-0.15, -0.1) is 0 Å². The van der Waals surface area contributed by atoms with E-state index in [2.05, 4.69) is 19.8 Å². The van der Waals surface area contributed by atoms with E-state index in [1.807, 2.05) is 18.5 Å². The zero-order valence-corrected chi connectivity index (χ0v) is 13.8. The highest BCUT2D eigenvalue weighted by Gasteiger charge is 2.21. The molecule has 1 aliphatic heterocycles. The molecule has 0 unspecified atom stereocenters. The Hall–Kier alpha value is -1.70. The highest BCUT2D eigenvalue weighted by molar-refractivity contribution is 7.89. The molecule has 2 heterocycles. The summed E-state index contributed by atoms with van der Waals surface area (Å²) in [6, 6.07) is 8.49. The van der Waals surface area contributed by atoms with Crippen molar-refractivity contribution in [2.75, 3.05) is 26.2 Å². The van der Waals surface area contributed by atoms with Crippen molar-refractivity contribution in [1.82, 2.24) is 19.8 Å². The third-order valence-corrected chi connectivity index (χ3v) is 5.83. The first-order valence-electron chi connectivity index (χ1n) is 7.91. The molecular weight excluding hydrogens is 312 g/mol. The summed E-state index contributed by atoms with van der Waals surface area (Å²) in [5, 5.41) is 6.87. The molecule has 1 aromatic carbocycles. The first-order valence-corrected chi connectivity index (χ1v) is 9.39. The van der Waals surface area contributed by atoms with Gasteiger partial charge >= 0.3 is 0 Å². The van der Waals surface area contributed by atoms with Gasteiger partial charge < -0.3 is 4.90 Å². The van der Waals surface area contributed by atoms with Crippen LogP contribution in [0, 0.1) is 0 Å². The lowest BCUT2D eigenvalue weighted by atomic mass is 9.92. The average molecular weight is 334 g/mol. The molecule has 2 N–H and O–H groups in total. The van der Waals surface area contributed by atoms with Gasteiger partial charge in [0.15, 0.2) is 0 Å². The summed E-state index contributed by atoms with van der Waals surface area (Å²) in [5.74, 6) is 0.561. The van der Waals surface area contributed by atoms with Gasteiger partial charge in [-0.05, 0) is 49.5 Å². The number of hydrogen-bond acceptors (Lipinski definition) is 4. The molecule has 0 saturated carbocycles. The van der Waals surface area contributed by atoms with E-state index in [0.717, 1.165) is 32.5 Å². The maximum absolute atomic E-state index is 12.1. The van der Waals surface area contributed by atoms with Gasteiger partial charge in [0.1, 0.15) is 0 Å². The van der Waals surface area contributed by atoms with Gasteiger partial charge in [0.2, 0.25) is 10.0 Å². The number of H-pyrrole nitrogens is 1. The molecule has 0 bridgehead atoms. The Labute approximate surface area is 137 Å². The number of sulfonamides is 1. The second-order valence-electron chi connectivity index (χ2n) is 5.86. The van der Waals surface area contributed by atoms with Gasteiger partial charge in [0.05, 0.1) is 11.1 Å². The standard InChI is InChI=1S/C16H22N4O2S/c21-23(22,16-4-2-1-3-5-16)19-8-11-20-9-6-14(7-10-20)15-12-17-18-13-15/h1-5,12-14,19H,6-11H2,(H,17,18). The van der Waals surface area contributed by atoms with Crippen LogP contribution in [-0.4, -0.2) is 49.7 Å². The summed E-state index contributed by atoms with van der Waals surface area (Å²) in [5.41, 5.74) is 1.27. The number of aromatic nitrogens is 2. The molecule has 0 atom stereocenters. The van der Waals surface area contributed by atoms with Crippen LogP contribution in [-0.2, 0) is 10.0 Å². The molecule has 0 amide bonds. The fourth-order valence-corrected chi connectivity index (χ4v) is 4.04. The maximum atomic E-state index is 12.1. The highest BCUT2D eigenvalue weighted by Crippen LogP contribution is 2.26. The molecule has 1 aliphatic rings. The Bertz CT molecular complexity index is 693. The Kier molecular flexibility index (Phi) is 5.09. The maximum Gasteiger partial charge on any atom is 0.240 e. The lowest BCUT2D eigenvalue weighted by molar-refractivity contribution is 0.216. The molecule has 1 aromatic heterocycles. The summed E-state index contributed by atoms with van der Waals surface area (Å²) >= 11 is 0. The Morgan fingerprint density at radius 2 is 1.96 bits per heavy atom. The molecule has 6 nitrogen and oxygen atoms in total. The van der Waals surface area contributed by atoms with Gasteiger partial charge in [-0.25, -0.2) is 13.1 Å². The van der Waals surface area contributed by atoms with E-state index in [-0.39, 0.29) is 0 Å². The number of piperidine rings is 1. The molecule has 7 heteroatoms. The third kappa shape index (κ3) is 4.19. The first kappa shape index (κ1) is 16.2.